The molecule has 1 aliphatic heterocycles. The molecule has 0 radical (unpaired) electrons. The van der Waals surface area contributed by atoms with Crippen molar-refractivity contribution < 1.29 is 4.74 Å². The van der Waals surface area contributed by atoms with E-state index in [0.29, 0.717) is 18.1 Å². The number of methoxy groups -OCH3 is 1. The molecule has 0 bridgehead atoms. The van der Waals surface area contributed by atoms with E-state index in [1.807, 2.05) is 7.11 Å². The lowest BCUT2D eigenvalue weighted by Gasteiger charge is -2.39. The number of nitrogens with zero attached hydrogens (tertiary/aromatic N) is 1. The molecule has 0 spiro atoms. The Hall–Kier alpha value is -0.120. The van der Waals surface area contributed by atoms with Gasteiger partial charge < -0.3 is 15.4 Å². The molecule has 3 heteroatoms. The number of nitrogens with two attached hydrogens (primary N) is 1. The molecule has 0 aliphatic carbocycles. The topological polar surface area (TPSA) is 38.5 Å². The molecule has 0 amide bonds. The van der Waals surface area contributed by atoms with Crippen molar-refractivity contribution in [3.63, 3.8) is 0 Å². The third-order valence-corrected chi connectivity index (χ3v) is 3.93. The van der Waals surface area contributed by atoms with Gasteiger partial charge in [0.25, 0.3) is 0 Å². The van der Waals surface area contributed by atoms with Gasteiger partial charge in [-0.1, -0.05) is 13.8 Å². The Bertz CT molecular complexity index is 208. The Balaban J connectivity index is 2.39. The normalized spacial score (nSPS) is 28.6. The first-order valence-electron chi connectivity index (χ1n) is 7.03. The Morgan fingerprint density at radius 3 is 2.59 bits per heavy atom. The highest BCUT2D eigenvalue weighted by atomic mass is 16.5. The molecule has 1 rings (SSSR count). The number of hydrogen-bond donors (Lipinski definition) is 1. The van der Waals surface area contributed by atoms with E-state index in [0.717, 1.165) is 32.0 Å². The van der Waals surface area contributed by atoms with E-state index in [1.54, 1.807) is 0 Å². The number of hydrogen-bond acceptors (Lipinski definition) is 3. The fourth-order valence-corrected chi connectivity index (χ4v) is 2.91. The minimum atomic E-state index is 0.461. The van der Waals surface area contributed by atoms with E-state index in [2.05, 4.69) is 25.7 Å². The fourth-order valence-electron chi connectivity index (χ4n) is 2.91. The monoisotopic (exact) mass is 242 g/mol. The van der Waals surface area contributed by atoms with Crippen molar-refractivity contribution in [2.24, 2.45) is 17.6 Å². The van der Waals surface area contributed by atoms with Gasteiger partial charge in [0.2, 0.25) is 0 Å². The van der Waals surface area contributed by atoms with Gasteiger partial charge in [0.15, 0.2) is 0 Å². The fraction of sp³-hybridized carbons (Fsp3) is 1.00. The molecular formula is C14H30N2O. The van der Waals surface area contributed by atoms with Crippen LogP contribution in [-0.4, -0.2) is 43.8 Å². The van der Waals surface area contributed by atoms with Gasteiger partial charge in [0, 0.05) is 26.2 Å². The summed E-state index contributed by atoms with van der Waals surface area (Å²) in [6.45, 7) is 10.0. The van der Waals surface area contributed by atoms with Crippen LogP contribution in [0.2, 0.25) is 0 Å². The second kappa shape index (κ2) is 7.34. The van der Waals surface area contributed by atoms with Crippen LogP contribution in [0.1, 0.15) is 40.0 Å². The van der Waals surface area contributed by atoms with Crippen LogP contribution in [-0.2, 0) is 4.74 Å². The van der Waals surface area contributed by atoms with Crippen LogP contribution in [0.3, 0.4) is 0 Å². The van der Waals surface area contributed by atoms with Gasteiger partial charge in [-0.05, 0) is 44.6 Å². The molecule has 0 aromatic carbocycles. The smallest absolute Gasteiger partial charge is 0.0598 e. The molecule has 3 atom stereocenters. The van der Waals surface area contributed by atoms with Crippen molar-refractivity contribution in [2.45, 2.75) is 52.2 Å². The Morgan fingerprint density at radius 1 is 1.41 bits per heavy atom. The van der Waals surface area contributed by atoms with Crippen LogP contribution in [0.15, 0.2) is 0 Å². The predicted octanol–water partition coefficient (Wildman–Crippen LogP) is 2.11. The maximum Gasteiger partial charge on any atom is 0.0598 e. The van der Waals surface area contributed by atoms with Crippen LogP contribution in [0.4, 0.5) is 0 Å². The van der Waals surface area contributed by atoms with Crippen LogP contribution in [0.25, 0.3) is 0 Å². The van der Waals surface area contributed by atoms with Gasteiger partial charge >= 0.3 is 0 Å². The van der Waals surface area contributed by atoms with Crippen molar-refractivity contribution in [3.05, 3.63) is 0 Å². The molecule has 1 fully saturated rings. The molecule has 102 valence electrons. The molecule has 0 saturated carbocycles. The number of ether oxygens (including phenoxy) is 1. The summed E-state index contributed by atoms with van der Waals surface area (Å²) in [4.78, 5) is 2.59. The van der Waals surface area contributed by atoms with E-state index in [9.17, 15) is 0 Å². The zero-order valence-electron chi connectivity index (χ0n) is 12.0. The summed E-state index contributed by atoms with van der Waals surface area (Å²) in [5, 5.41) is 0. The number of likely N-dealkylation sites (tertiary alicyclic amines) is 1. The van der Waals surface area contributed by atoms with Crippen molar-refractivity contribution >= 4 is 0 Å². The standard InChI is InChI=1S/C14H30N2O/c1-11(2)7-13(9-15)10-16-6-5-14(17-4)8-12(16)3/h11-14H,5-10,15H2,1-4H3. The largest absolute Gasteiger partial charge is 0.381 e. The molecule has 0 aromatic heterocycles. The van der Waals surface area contributed by atoms with Gasteiger partial charge in [-0.2, -0.15) is 0 Å². The van der Waals surface area contributed by atoms with E-state index < -0.39 is 0 Å². The van der Waals surface area contributed by atoms with Crippen LogP contribution >= 0.6 is 0 Å². The summed E-state index contributed by atoms with van der Waals surface area (Å²) < 4.78 is 5.45. The first-order chi connectivity index (χ1) is 8.06. The van der Waals surface area contributed by atoms with Crippen LogP contribution in [0.5, 0.6) is 0 Å². The molecule has 0 aromatic rings. The first kappa shape index (κ1) is 14.9. The Kier molecular flexibility index (Phi) is 6.45. The van der Waals surface area contributed by atoms with Gasteiger partial charge in [0.05, 0.1) is 6.10 Å². The predicted molar refractivity (Wildman–Crippen MR) is 73.1 cm³/mol. The maximum atomic E-state index is 5.89. The number of rotatable bonds is 6. The van der Waals surface area contributed by atoms with Crippen molar-refractivity contribution in [3.8, 4) is 0 Å². The summed E-state index contributed by atoms with van der Waals surface area (Å²) in [5.41, 5.74) is 5.89. The summed E-state index contributed by atoms with van der Waals surface area (Å²) in [7, 11) is 1.83. The SMILES string of the molecule is COC1CCN(CC(CN)CC(C)C)C(C)C1. The minimum absolute atomic E-state index is 0.461. The molecule has 3 unspecified atom stereocenters. The Labute approximate surface area is 107 Å². The third-order valence-electron chi connectivity index (χ3n) is 3.93. The highest BCUT2D eigenvalue weighted by Crippen LogP contribution is 2.22. The second-order valence-electron chi connectivity index (χ2n) is 5.96. The summed E-state index contributed by atoms with van der Waals surface area (Å²) in [5.74, 6) is 1.40. The third kappa shape index (κ3) is 4.94. The summed E-state index contributed by atoms with van der Waals surface area (Å²) in [6.07, 6.45) is 4.03. The Morgan fingerprint density at radius 2 is 2.12 bits per heavy atom. The van der Waals surface area contributed by atoms with Crippen molar-refractivity contribution in [1.29, 1.82) is 0 Å². The molecule has 1 saturated heterocycles. The highest BCUT2D eigenvalue weighted by Gasteiger charge is 2.26. The minimum Gasteiger partial charge on any atom is -0.381 e. The van der Waals surface area contributed by atoms with Gasteiger partial charge in [-0.15, -0.1) is 0 Å². The average molecular weight is 242 g/mol. The quantitative estimate of drug-likeness (QED) is 0.775. The summed E-state index contributed by atoms with van der Waals surface area (Å²) in [6, 6.07) is 0.634. The summed E-state index contributed by atoms with van der Waals surface area (Å²) >= 11 is 0. The van der Waals surface area contributed by atoms with E-state index in [-0.39, 0.29) is 0 Å². The van der Waals surface area contributed by atoms with E-state index >= 15 is 0 Å². The lowest BCUT2D eigenvalue weighted by atomic mass is 9.93. The molecular weight excluding hydrogens is 212 g/mol. The first-order valence-corrected chi connectivity index (χ1v) is 7.03. The average Bonchev–Trinajstić information content (AvgIpc) is 2.29. The van der Waals surface area contributed by atoms with Gasteiger partial charge in [0.1, 0.15) is 0 Å². The van der Waals surface area contributed by atoms with Crippen molar-refractivity contribution in [1.82, 2.24) is 4.90 Å². The van der Waals surface area contributed by atoms with Crippen molar-refractivity contribution in [2.75, 3.05) is 26.7 Å². The molecule has 3 nitrogen and oxygen atoms in total. The molecule has 1 aliphatic rings. The lowest BCUT2D eigenvalue weighted by molar-refractivity contribution is 0.00985. The lowest BCUT2D eigenvalue weighted by Crippen LogP contribution is -2.46. The number of piperidine rings is 1. The highest BCUT2D eigenvalue weighted by molar-refractivity contribution is 4.81. The van der Waals surface area contributed by atoms with Gasteiger partial charge in [-0.3, -0.25) is 0 Å². The molecule has 17 heavy (non-hydrogen) atoms. The molecule has 1 heterocycles. The van der Waals surface area contributed by atoms with E-state index in [1.165, 1.54) is 12.8 Å². The zero-order valence-corrected chi connectivity index (χ0v) is 12.0. The molecule has 2 N–H and O–H groups in total. The van der Waals surface area contributed by atoms with Gasteiger partial charge in [-0.25, -0.2) is 0 Å². The van der Waals surface area contributed by atoms with Crippen LogP contribution in [0, 0.1) is 11.8 Å². The second-order valence-corrected chi connectivity index (χ2v) is 5.96. The maximum absolute atomic E-state index is 5.89. The van der Waals surface area contributed by atoms with Crippen LogP contribution < -0.4 is 5.73 Å². The zero-order chi connectivity index (χ0) is 12.8. The van der Waals surface area contributed by atoms with E-state index in [4.69, 9.17) is 10.5 Å².